The van der Waals surface area contributed by atoms with Gasteiger partial charge in [0, 0.05) is 9.86 Å². The zero-order valence-electron chi connectivity index (χ0n) is 7.58. The third-order valence-electron chi connectivity index (χ3n) is 2.12. The van der Waals surface area contributed by atoms with E-state index in [0.29, 0.717) is 5.69 Å². The van der Waals surface area contributed by atoms with Gasteiger partial charge in [0.15, 0.2) is 0 Å². The molecule has 2 nitrogen and oxygen atoms in total. The smallest absolute Gasteiger partial charge is 0.141 e. The van der Waals surface area contributed by atoms with E-state index in [4.69, 9.17) is 5.26 Å². The van der Waals surface area contributed by atoms with Crippen LogP contribution < -0.4 is 0 Å². The van der Waals surface area contributed by atoms with Crippen molar-refractivity contribution in [2.75, 3.05) is 0 Å². The Balaban J connectivity index is 2.89. The van der Waals surface area contributed by atoms with Gasteiger partial charge in [-0.25, -0.2) is 4.98 Å². The predicted molar refractivity (Wildman–Crippen MR) is 58.9 cm³/mol. The van der Waals surface area contributed by atoms with Crippen molar-refractivity contribution in [3.63, 3.8) is 0 Å². The summed E-state index contributed by atoms with van der Waals surface area (Å²) >= 11 is 3.45. The fourth-order valence-corrected chi connectivity index (χ4v) is 1.83. The molecule has 0 N–H and O–H groups in total. The molecule has 2 rings (SSSR count). The van der Waals surface area contributed by atoms with Crippen LogP contribution in [0.5, 0.6) is 0 Å². The Labute approximate surface area is 90.3 Å². The molecule has 0 unspecified atom stereocenters. The summed E-state index contributed by atoms with van der Waals surface area (Å²) in [5, 5.41) is 9.78. The molecular weight excluding hydrogens is 240 g/mol. The van der Waals surface area contributed by atoms with Crippen molar-refractivity contribution in [1.82, 2.24) is 4.98 Å². The molecule has 0 aliphatic carbocycles. The molecule has 0 atom stereocenters. The van der Waals surface area contributed by atoms with E-state index < -0.39 is 0 Å². The monoisotopic (exact) mass is 246 g/mol. The number of aromatic nitrogens is 1. The van der Waals surface area contributed by atoms with E-state index >= 15 is 0 Å². The number of aryl methyl sites for hydroxylation is 1. The molecule has 0 bridgehead atoms. The van der Waals surface area contributed by atoms with Crippen LogP contribution in [0.4, 0.5) is 0 Å². The standard InChI is InChI=1S/C11H7BrN2/c1-7-2-5-10(12)9-4-3-8(6-13)14-11(7)9/h2-5H,1H3. The van der Waals surface area contributed by atoms with Crippen LogP contribution in [-0.2, 0) is 0 Å². The normalized spacial score (nSPS) is 10.1. The van der Waals surface area contributed by atoms with Crippen molar-refractivity contribution in [3.05, 3.63) is 40.0 Å². The van der Waals surface area contributed by atoms with Crippen LogP contribution in [0, 0.1) is 18.3 Å². The first-order valence-electron chi connectivity index (χ1n) is 4.18. The molecule has 68 valence electrons. The Morgan fingerprint density at radius 3 is 2.79 bits per heavy atom. The van der Waals surface area contributed by atoms with Crippen molar-refractivity contribution in [1.29, 1.82) is 5.26 Å². The fraction of sp³-hybridized carbons (Fsp3) is 0.0909. The van der Waals surface area contributed by atoms with E-state index in [1.165, 1.54) is 0 Å². The summed E-state index contributed by atoms with van der Waals surface area (Å²) in [6.45, 7) is 1.99. The van der Waals surface area contributed by atoms with E-state index in [-0.39, 0.29) is 0 Å². The van der Waals surface area contributed by atoms with Crippen LogP contribution >= 0.6 is 15.9 Å². The molecule has 0 spiro atoms. The van der Waals surface area contributed by atoms with Gasteiger partial charge in [0.1, 0.15) is 11.8 Å². The number of fused-ring (bicyclic) bond motifs is 1. The van der Waals surface area contributed by atoms with Gasteiger partial charge in [0.25, 0.3) is 0 Å². The molecular formula is C11H7BrN2. The van der Waals surface area contributed by atoms with Crippen LogP contribution in [0.2, 0.25) is 0 Å². The highest BCUT2D eigenvalue weighted by Crippen LogP contribution is 2.25. The summed E-state index contributed by atoms with van der Waals surface area (Å²) in [5.74, 6) is 0. The topological polar surface area (TPSA) is 36.7 Å². The highest BCUT2D eigenvalue weighted by molar-refractivity contribution is 9.10. The van der Waals surface area contributed by atoms with Gasteiger partial charge in [-0.05, 0) is 30.7 Å². The number of rotatable bonds is 0. The molecule has 0 amide bonds. The summed E-state index contributed by atoms with van der Waals surface area (Å²) in [6.07, 6.45) is 0. The molecule has 2 aromatic rings. The highest BCUT2D eigenvalue weighted by Gasteiger charge is 2.03. The first-order valence-corrected chi connectivity index (χ1v) is 4.97. The number of hydrogen-bond acceptors (Lipinski definition) is 2. The highest BCUT2D eigenvalue weighted by atomic mass is 79.9. The Kier molecular flexibility index (Phi) is 2.22. The zero-order chi connectivity index (χ0) is 10.1. The van der Waals surface area contributed by atoms with E-state index in [9.17, 15) is 0 Å². The lowest BCUT2D eigenvalue weighted by molar-refractivity contribution is 1.30. The van der Waals surface area contributed by atoms with Gasteiger partial charge < -0.3 is 0 Å². The van der Waals surface area contributed by atoms with E-state index in [1.807, 2.05) is 31.2 Å². The van der Waals surface area contributed by atoms with Crippen molar-refractivity contribution < 1.29 is 0 Å². The summed E-state index contributed by atoms with van der Waals surface area (Å²) in [4.78, 5) is 4.26. The van der Waals surface area contributed by atoms with E-state index in [0.717, 1.165) is 20.9 Å². The second kappa shape index (κ2) is 3.39. The number of benzene rings is 1. The Morgan fingerprint density at radius 1 is 1.29 bits per heavy atom. The molecule has 0 radical (unpaired) electrons. The van der Waals surface area contributed by atoms with Crippen LogP contribution in [0.1, 0.15) is 11.3 Å². The SMILES string of the molecule is Cc1ccc(Br)c2ccc(C#N)nc12. The number of hydrogen-bond donors (Lipinski definition) is 0. The van der Waals surface area contributed by atoms with Crippen molar-refractivity contribution in [3.8, 4) is 6.07 Å². The molecule has 1 aromatic heterocycles. The van der Waals surface area contributed by atoms with Gasteiger partial charge in [-0.1, -0.05) is 22.0 Å². The minimum absolute atomic E-state index is 0.457. The number of pyridine rings is 1. The van der Waals surface area contributed by atoms with E-state index in [2.05, 4.69) is 20.9 Å². The van der Waals surface area contributed by atoms with Gasteiger partial charge in [0.2, 0.25) is 0 Å². The van der Waals surface area contributed by atoms with Gasteiger partial charge in [-0.15, -0.1) is 0 Å². The Hall–Kier alpha value is -1.40. The molecule has 14 heavy (non-hydrogen) atoms. The molecule has 0 saturated heterocycles. The summed E-state index contributed by atoms with van der Waals surface area (Å²) < 4.78 is 1.01. The molecule has 1 heterocycles. The fourth-order valence-electron chi connectivity index (χ4n) is 1.38. The molecule has 0 aliphatic rings. The Morgan fingerprint density at radius 2 is 2.07 bits per heavy atom. The average molecular weight is 247 g/mol. The van der Waals surface area contributed by atoms with Gasteiger partial charge in [0.05, 0.1) is 5.52 Å². The lowest BCUT2D eigenvalue weighted by Crippen LogP contribution is -1.87. The van der Waals surface area contributed by atoms with Crippen LogP contribution in [0.15, 0.2) is 28.7 Å². The minimum Gasteiger partial charge on any atom is -0.237 e. The number of nitrogens with zero attached hydrogens (tertiary/aromatic N) is 2. The minimum atomic E-state index is 0.457. The first-order chi connectivity index (χ1) is 6.72. The van der Waals surface area contributed by atoms with Crippen LogP contribution in [0.25, 0.3) is 10.9 Å². The molecule has 0 saturated carbocycles. The maximum atomic E-state index is 8.73. The second-order valence-electron chi connectivity index (χ2n) is 3.07. The van der Waals surface area contributed by atoms with E-state index in [1.54, 1.807) is 6.07 Å². The average Bonchev–Trinajstić information content (AvgIpc) is 2.23. The largest absolute Gasteiger partial charge is 0.237 e. The van der Waals surface area contributed by atoms with Crippen molar-refractivity contribution in [2.24, 2.45) is 0 Å². The van der Waals surface area contributed by atoms with Crippen LogP contribution in [0.3, 0.4) is 0 Å². The zero-order valence-corrected chi connectivity index (χ0v) is 9.17. The first kappa shape index (κ1) is 9.17. The third kappa shape index (κ3) is 1.38. The van der Waals surface area contributed by atoms with Gasteiger partial charge in [-0.3, -0.25) is 0 Å². The van der Waals surface area contributed by atoms with Crippen molar-refractivity contribution in [2.45, 2.75) is 6.92 Å². The predicted octanol–water partition coefficient (Wildman–Crippen LogP) is 3.18. The molecule has 1 aromatic carbocycles. The van der Waals surface area contributed by atoms with Crippen LogP contribution in [-0.4, -0.2) is 4.98 Å². The molecule has 0 fully saturated rings. The lowest BCUT2D eigenvalue weighted by Gasteiger charge is -2.03. The second-order valence-corrected chi connectivity index (χ2v) is 3.92. The summed E-state index contributed by atoms with van der Waals surface area (Å²) in [5.41, 5.74) is 2.43. The number of halogens is 1. The van der Waals surface area contributed by atoms with Gasteiger partial charge in [-0.2, -0.15) is 5.26 Å². The Bertz CT molecular complexity index is 541. The summed E-state index contributed by atoms with van der Waals surface area (Å²) in [7, 11) is 0. The van der Waals surface area contributed by atoms with Gasteiger partial charge >= 0.3 is 0 Å². The number of nitriles is 1. The summed E-state index contributed by atoms with van der Waals surface area (Å²) in [6, 6.07) is 9.66. The molecule has 0 aliphatic heterocycles. The maximum Gasteiger partial charge on any atom is 0.141 e. The molecule has 3 heteroatoms. The van der Waals surface area contributed by atoms with Crippen molar-refractivity contribution >= 4 is 26.8 Å². The quantitative estimate of drug-likeness (QED) is 0.716. The third-order valence-corrected chi connectivity index (χ3v) is 2.81. The lowest BCUT2D eigenvalue weighted by atomic mass is 10.1. The maximum absolute atomic E-state index is 8.73.